The van der Waals surface area contributed by atoms with Gasteiger partial charge in [0, 0.05) is 26.2 Å². The van der Waals surface area contributed by atoms with Crippen LogP contribution < -0.4 is 0 Å². The molecule has 0 bridgehead atoms. The molecule has 1 aromatic heterocycles. The number of rotatable bonds is 4. The van der Waals surface area contributed by atoms with Gasteiger partial charge in [-0.3, -0.25) is 19.3 Å². The Bertz CT molecular complexity index is 1210. The van der Waals surface area contributed by atoms with Gasteiger partial charge in [-0.15, -0.1) is 0 Å². The fourth-order valence-corrected chi connectivity index (χ4v) is 6.74. The van der Waals surface area contributed by atoms with Crippen LogP contribution in [0.2, 0.25) is 0 Å². The van der Waals surface area contributed by atoms with E-state index in [9.17, 15) is 22.8 Å². The minimum atomic E-state index is -3.79. The predicted molar refractivity (Wildman–Crippen MR) is 115 cm³/mol. The number of likely N-dealkylation sites (tertiary alicyclic amines) is 1. The highest BCUT2D eigenvalue weighted by atomic mass is 32.2. The molecule has 168 valence electrons. The minimum Gasteiger partial charge on any atom is -0.338 e. The van der Waals surface area contributed by atoms with E-state index in [4.69, 9.17) is 0 Å². The highest BCUT2D eigenvalue weighted by Gasteiger charge is 2.48. The Balaban J connectivity index is 1.24. The number of piperazine rings is 1. The second-order valence-corrected chi connectivity index (χ2v) is 10.5. The molecule has 3 heterocycles. The standard InChI is InChI=1S/C20H21N5O5S2/c26-17(12-25-19(27)13-4-1-2-5-14(13)20(25)28)23-8-10-24(11-9-23)32(29,30)16-7-3-6-15-18(16)22-31-21-15/h1-3,6-7,13-14H,4-5,8-12H2. The topological polar surface area (TPSA) is 121 Å². The van der Waals surface area contributed by atoms with Crippen molar-refractivity contribution in [1.82, 2.24) is 22.9 Å². The maximum absolute atomic E-state index is 13.1. The monoisotopic (exact) mass is 475 g/mol. The third-order valence-corrected chi connectivity index (χ3v) is 8.82. The number of fused-ring (bicyclic) bond motifs is 2. The summed E-state index contributed by atoms with van der Waals surface area (Å²) < 4.78 is 35.8. The highest BCUT2D eigenvalue weighted by molar-refractivity contribution is 7.89. The normalized spacial score (nSPS) is 24.4. The van der Waals surface area contributed by atoms with Crippen molar-refractivity contribution in [1.29, 1.82) is 0 Å². The molecule has 32 heavy (non-hydrogen) atoms. The molecule has 0 N–H and O–H groups in total. The third kappa shape index (κ3) is 3.42. The molecule has 2 atom stereocenters. The Morgan fingerprint density at radius 3 is 2.31 bits per heavy atom. The van der Waals surface area contributed by atoms with Crippen LogP contribution in [0.4, 0.5) is 0 Å². The SMILES string of the molecule is O=C(CN1C(=O)C2CC=CCC2C1=O)N1CCN(S(=O)(=O)c2cccc3nsnc23)CC1. The molecule has 1 aliphatic carbocycles. The van der Waals surface area contributed by atoms with E-state index in [-0.39, 0.29) is 67.2 Å². The van der Waals surface area contributed by atoms with Gasteiger partial charge in [-0.05, 0) is 25.0 Å². The average Bonchev–Trinajstić information content (AvgIpc) is 3.38. The van der Waals surface area contributed by atoms with Crippen LogP contribution in [0.1, 0.15) is 12.8 Å². The number of nitrogens with zero attached hydrogens (tertiary/aromatic N) is 5. The molecular weight excluding hydrogens is 454 g/mol. The molecule has 3 aliphatic rings. The zero-order chi connectivity index (χ0) is 22.5. The lowest BCUT2D eigenvalue weighted by Gasteiger charge is -2.34. The quantitative estimate of drug-likeness (QED) is 0.466. The molecule has 3 amide bonds. The van der Waals surface area contributed by atoms with Crippen LogP contribution in [0.15, 0.2) is 35.2 Å². The molecule has 2 saturated heterocycles. The van der Waals surface area contributed by atoms with E-state index in [0.717, 1.165) is 16.6 Å². The molecule has 2 unspecified atom stereocenters. The minimum absolute atomic E-state index is 0.105. The first kappa shape index (κ1) is 21.2. The van der Waals surface area contributed by atoms with Crippen molar-refractivity contribution in [2.24, 2.45) is 11.8 Å². The van der Waals surface area contributed by atoms with Gasteiger partial charge in [0.05, 0.1) is 23.6 Å². The van der Waals surface area contributed by atoms with E-state index < -0.39 is 10.0 Å². The van der Waals surface area contributed by atoms with Crippen LogP contribution >= 0.6 is 11.7 Å². The van der Waals surface area contributed by atoms with E-state index in [0.29, 0.717) is 23.9 Å². The van der Waals surface area contributed by atoms with Crippen LogP contribution in [0.25, 0.3) is 11.0 Å². The zero-order valence-electron chi connectivity index (χ0n) is 17.1. The fraction of sp³-hybridized carbons (Fsp3) is 0.450. The summed E-state index contributed by atoms with van der Waals surface area (Å²) in [5, 5.41) is 0. The number of carbonyl (C=O) groups excluding carboxylic acids is 3. The van der Waals surface area contributed by atoms with E-state index in [1.807, 2.05) is 12.2 Å². The molecule has 0 radical (unpaired) electrons. The third-order valence-electron chi connectivity index (χ3n) is 6.35. The Morgan fingerprint density at radius 2 is 1.66 bits per heavy atom. The predicted octanol–water partition coefficient (Wildman–Crippen LogP) is 0.475. The molecule has 2 fully saturated rings. The maximum atomic E-state index is 13.1. The van der Waals surface area contributed by atoms with Crippen molar-refractivity contribution in [2.75, 3.05) is 32.7 Å². The van der Waals surface area contributed by atoms with E-state index in [1.54, 1.807) is 12.1 Å². The number of benzene rings is 1. The van der Waals surface area contributed by atoms with E-state index in [2.05, 4.69) is 8.75 Å². The summed E-state index contributed by atoms with van der Waals surface area (Å²) in [5.41, 5.74) is 0.874. The lowest BCUT2D eigenvalue weighted by molar-refractivity contribution is -0.147. The summed E-state index contributed by atoms with van der Waals surface area (Å²) in [6, 6.07) is 4.85. The van der Waals surface area contributed by atoms with Gasteiger partial charge in [0.1, 0.15) is 22.5 Å². The molecule has 2 aromatic rings. The van der Waals surface area contributed by atoms with Crippen molar-refractivity contribution >= 4 is 50.5 Å². The van der Waals surface area contributed by atoms with Gasteiger partial charge in [0.25, 0.3) is 0 Å². The van der Waals surface area contributed by atoms with Crippen LogP contribution in [-0.4, -0.2) is 81.7 Å². The summed E-state index contributed by atoms with van der Waals surface area (Å²) in [6.45, 7) is 0.335. The smallest absolute Gasteiger partial charge is 0.245 e. The number of hydrogen-bond donors (Lipinski definition) is 0. The molecule has 0 saturated carbocycles. The van der Waals surface area contributed by atoms with Crippen molar-refractivity contribution in [3.63, 3.8) is 0 Å². The highest BCUT2D eigenvalue weighted by Crippen LogP contribution is 2.35. The first-order valence-corrected chi connectivity index (χ1v) is 12.5. The molecule has 12 heteroatoms. The lowest BCUT2D eigenvalue weighted by atomic mass is 9.85. The van der Waals surface area contributed by atoms with Crippen molar-refractivity contribution in [2.45, 2.75) is 17.7 Å². The van der Waals surface area contributed by atoms with Crippen LogP contribution in [0.3, 0.4) is 0 Å². The Labute approximate surface area is 188 Å². The Morgan fingerprint density at radius 1 is 1.00 bits per heavy atom. The first-order chi connectivity index (χ1) is 15.4. The van der Waals surface area contributed by atoms with Crippen LogP contribution in [0, 0.1) is 11.8 Å². The number of allylic oxidation sites excluding steroid dienone is 2. The molecule has 2 aliphatic heterocycles. The van der Waals surface area contributed by atoms with Crippen molar-refractivity contribution < 1.29 is 22.8 Å². The molecular formula is C20H21N5O5S2. The average molecular weight is 476 g/mol. The first-order valence-electron chi connectivity index (χ1n) is 10.4. The fourth-order valence-electron chi connectivity index (χ4n) is 4.57. The zero-order valence-corrected chi connectivity index (χ0v) is 18.7. The number of carbonyl (C=O) groups is 3. The van der Waals surface area contributed by atoms with Gasteiger partial charge in [-0.2, -0.15) is 13.1 Å². The molecule has 5 rings (SSSR count). The van der Waals surface area contributed by atoms with Crippen molar-refractivity contribution in [3.05, 3.63) is 30.4 Å². The summed E-state index contributed by atoms with van der Waals surface area (Å²) in [4.78, 5) is 40.7. The molecule has 1 aromatic carbocycles. The number of sulfonamides is 1. The van der Waals surface area contributed by atoms with Gasteiger partial charge in [-0.1, -0.05) is 18.2 Å². The number of amides is 3. The van der Waals surface area contributed by atoms with Gasteiger partial charge < -0.3 is 4.90 Å². The molecule has 0 spiro atoms. The van der Waals surface area contributed by atoms with Gasteiger partial charge in [-0.25, -0.2) is 8.42 Å². The number of aromatic nitrogens is 2. The maximum Gasteiger partial charge on any atom is 0.245 e. The Kier molecular flexibility index (Phi) is 5.30. The van der Waals surface area contributed by atoms with Crippen LogP contribution in [-0.2, 0) is 24.4 Å². The summed E-state index contributed by atoms with van der Waals surface area (Å²) >= 11 is 0.957. The lowest BCUT2D eigenvalue weighted by Crippen LogP contribution is -2.53. The van der Waals surface area contributed by atoms with Gasteiger partial charge in [0.2, 0.25) is 27.7 Å². The van der Waals surface area contributed by atoms with Crippen molar-refractivity contribution in [3.8, 4) is 0 Å². The number of hydrogen-bond acceptors (Lipinski definition) is 8. The summed E-state index contributed by atoms with van der Waals surface area (Å²) in [5.74, 6) is -1.66. The van der Waals surface area contributed by atoms with E-state index >= 15 is 0 Å². The summed E-state index contributed by atoms with van der Waals surface area (Å²) in [6.07, 6.45) is 4.86. The largest absolute Gasteiger partial charge is 0.338 e. The van der Waals surface area contributed by atoms with Gasteiger partial charge >= 0.3 is 0 Å². The Hall–Kier alpha value is -2.70. The van der Waals surface area contributed by atoms with E-state index in [1.165, 1.54) is 15.3 Å². The molecule has 10 nitrogen and oxygen atoms in total. The second-order valence-electron chi connectivity index (χ2n) is 8.09. The summed E-state index contributed by atoms with van der Waals surface area (Å²) in [7, 11) is -3.79. The van der Waals surface area contributed by atoms with Gasteiger partial charge in [0.15, 0.2) is 0 Å². The second kappa shape index (κ2) is 8.01. The van der Waals surface area contributed by atoms with Crippen LogP contribution in [0.5, 0.6) is 0 Å². The number of imide groups is 1.